The van der Waals surface area contributed by atoms with Crippen molar-refractivity contribution in [2.75, 3.05) is 0 Å². The molecule has 5 heteroatoms. The number of nitrogens with zero attached hydrogens (tertiary/aromatic N) is 1. The molecular weight excluding hydrogens is 237 g/mol. The Labute approximate surface area is 102 Å². The van der Waals surface area contributed by atoms with E-state index >= 15 is 0 Å². The van der Waals surface area contributed by atoms with E-state index in [0.29, 0.717) is 0 Å². The molecule has 18 heavy (non-hydrogen) atoms. The average Bonchev–Trinajstić information content (AvgIpc) is 2.29. The fourth-order valence-corrected chi connectivity index (χ4v) is 2.05. The third-order valence-electron chi connectivity index (χ3n) is 2.76. The van der Waals surface area contributed by atoms with Crippen LogP contribution in [0.15, 0.2) is 29.1 Å². The number of para-hydroxylation sites is 1. The van der Waals surface area contributed by atoms with Gasteiger partial charge in [0.05, 0.1) is 5.52 Å². The smallest absolute Gasteiger partial charge is 0.352 e. The minimum atomic E-state index is -1.24. The summed E-state index contributed by atoms with van der Waals surface area (Å²) in [6, 6.07) is 4.90. The van der Waals surface area contributed by atoms with Gasteiger partial charge in [0.15, 0.2) is 5.43 Å². The van der Waals surface area contributed by atoms with Gasteiger partial charge in [0.25, 0.3) is 0 Å². The monoisotopic (exact) mass is 249 g/mol. The molecule has 0 amide bonds. The third kappa shape index (κ3) is 1.77. The van der Waals surface area contributed by atoms with Crippen molar-refractivity contribution in [1.82, 2.24) is 4.57 Å². The highest BCUT2D eigenvalue weighted by Gasteiger charge is 2.18. The van der Waals surface area contributed by atoms with E-state index in [2.05, 4.69) is 0 Å². The van der Waals surface area contributed by atoms with Gasteiger partial charge in [0.2, 0.25) is 0 Å². The number of fused-ring (bicyclic) bond motifs is 1. The van der Waals surface area contributed by atoms with Crippen LogP contribution in [-0.4, -0.2) is 15.6 Å². The molecule has 94 valence electrons. The Hall–Kier alpha value is -2.17. The van der Waals surface area contributed by atoms with E-state index in [1.54, 1.807) is 13.8 Å². The normalized spacial score (nSPS) is 11.1. The molecule has 0 atom stereocenters. The zero-order chi connectivity index (χ0) is 13.4. The van der Waals surface area contributed by atoms with Crippen molar-refractivity contribution in [2.45, 2.75) is 19.9 Å². The zero-order valence-corrected chi connectivity index (χ0v) is 9.98. The second-order valence-corrected chi connectivity index (χ2v) is 4.30. The first-order valence-electron chi connectivity index (χ1n) is 5.50. The maximum absolute atomic E-state index is 13.9. The van der Waals surface area contributed by atoms with Gasteiger partial charge in [-0.3, -0.25) is 4.79 Å². The van der Waals surface area contributed by atoms with E-state index in [0.717, 1.165) is 6.07 Å². The van der Waals surface area contributed by atoms with Gasteiger partial charge in [-0.2, -0.15) is 0 Å². The lowest BCUT2D eigenvalue weighted by atomic mass is 10.1. The molecule has 1 aromatic carbocycles. The topological polar surface area (TPSA) is 59.3 Å². The number of pyridine rings is 1. The summed E-state index contributed by atoms with van der Waals surface area (Å²) in [5.41, 5.74) is -0.649. The Morgan fingerprint density at radius 1 is 1.39 bits per heavy atom. The van der Waals surface area contributed by atoms with Gasteiger partial charge in [-0.25, -0.2) is 9.18 Å². The maximum atomic E-state index is 13.9. The molecule has 0 aliphatic rings. The quantitative estimate of drug-likeness (QED) is 0.889. The highest BCUT2D eigenvalue weighted by molar-refractivity contribution is 5.90. The minimum Gasteiger partial charge on any atom is -0.477 e. The standard InChI is InChI=1S/C13H12FNO3/c1-7(2)15-10(13(17)18)6-11(16)8-4-3-5-9(14)12(8)15/h3-7H,1-2H3,(H,17,18). The van der Waals surface area contributed by atoms with E-state index in [1.807, 2.05) is 0 Å². The van der Waals surface area contributed by atoms with Crippen molar-refractivity contribution in [3.63, 3.8) is 0 Å². The van der Waals surface area contributed by atoms with Crippen LogP contribution in [0.5, 0.6) is 0 Å². The maximum Gasteiger partial charge on any atom is 0.352 e. The molecule has 4 nitrogen and oxygen atoms in total. The second-order valence-electron chi connectivity index (χ2n) is 4.30. The molecule has 1 heterocycles. The summed E-state index contributed by atoms with van der Waals surface area (Å²) in [6.07, 6.45) is 0. The van der Waals surface area contributed by atoms with Crippen molar-refractivity contribution in [2.24, 2.45) is 0 Å². The summed E-state index contributed by atoms with van der Waals surface area (Å²) in [5.74, 6) is -1.84. The van der Waals surface area contributed by atoms with E-state index < -0.39 is 17.2 Å². The fourth-order valence-electron chi connectivity index (χ4n) is 2.05. The summed E-state index contributed by atoms with van der Waals surface area (Å²) in [4.78, 5) is 22.9. The predicted molar refractivity (Wildman–Crippen MR) is 65.5 cm³/mol. The SMILES string of the molecule is CC(C)n1c(C(=O)O)cc(=O)c2cccc(F)c21. The van der Waals surface area contributed by atoms with Gasteiger partial charge in [-0.15, -0.1) is 0 Å². The number of aromatic carboxylic acids is 1. The molecular formula is C13H12FNO3. The molecule has 0 spiro atoms. The van der Waals surface area contributed by atoms with Crippen LogP contribution in [0.4, 0.5) is 4.39 Å². The van der Waals surface area contributed by atoms with E-state index in [4.69, 9.17) is 5.11 Å². The highest BCUT2D eigenvalue weighted by atomic mass is 19.1. The summed E-state index contributed by atoms with van der Waals surface area (Å²) >= 11 is 0. The number of aromatic nitrogens is 1. The lowest BCUT2D eigenvalue weighted by Crippen LogP contribution is -2.20. The van der Waals surface area contributed by atoms with Crippen LogP contribution in [0.25, 0.3) is 10.9 Å². The van der Waals surface area contributed by atoms with Gasteiger partial charge < -0.3 is 9.67 Å². The number of carboxylic acids is 1. The first-order chi connectivity index (χ1) is 8.43. The zero-order valence-electron chi connectivity index (χ0n) is 9.98. The predicted octanol–water partition coefficient (Wildman–Crippen LogP) is 2.42. The largest absolute Gasteiger partial charge is 0.477 e. The molecule has 0 bridgehead atoms. The number of carboxylic acid groups (broad SMARTS) is 1. The minimum absolute atomic E-state index is 0.0393. The van der Waals surface area contributed by atoms with Crippen LogP contribution in [0.2, 0.25) is 0 Å². The van der Waals surface area contributed by atoms with Crippen molar-refractivity contribution in [3.05, 3.63) is 46.0 Å². The molecule has 0 saturated carbocycles. The van der Waals surface area contributed by atoms with Gasteiger partial charge in [0, 0.05) is 17.5 Å². The molecule has 0 unspecified atom stereocenters. The summed E-state index contributed by atoms with van der Waals surface area (Å²) < 4.78 is 15.2. The van der Waals surface area contributed by atoms with Crippen LogP contribution in [-0.2, 0) is 0 Å². The van der Waals surface area contributed by atoms with Gasteiger partial charge in [-0.05, 0) is 26.0 Å². The van der Waals surface area contributed by atoms with Crippen molar-refractivity contribution >= 4 is 16.9 Å². The van der Waals surface area contributed by atoms with Gasteiger partial charge in [-0.1, -0.05) is 6.07 Å². The highest BCUT2D eigenvalue weighted by Crippen LogP contribution is 2.21. The van der Waals surface area contributed by atoms with Crippen LogP contribution in [0.1, 0.15) is 30.4 Å². The fraction of sp³-hybridized carbons (Fsp3) is 0.231. The molecule has 2 rings (SSSR count). The Morgan fingerprint density at radius 3 is 2.61 bits per heavy atom. The molecule has 0 saturated heterocycles. The Balaban J connectivity index is 3.06. The molecule has 0 fully saturated rings. The Morgan fingerprint density at radius 2 is 2.06 bits per heavy atom. The average molecular weight is 249 g/mol. The molecule has 0 aliphatic heterocycles. The molecule has 2 aromatic rings. The van der Waals surface area contributed by atoms with Crippen molar-refractivity contribution in [1.29, 1.82) is 0 Å². The second kappa shape index (κ2) is 4.25. The first-order valence-corrected chi connectivity index (χ1v) is 5.50. The van der Waals surface area contributed by atoms with Crippen molar-refractivity contribution in [3.8, 4) is 0 Å². The molecule has 0 aliphatic carbocycles. The lowest BCUT2D eigenvalue weighted by Gasteiger charge is -2.18. The number of rotatable bonds is 2. The van der Waals surface area contributed by atoms with E-state index in [1.165, 1.54) is 22.8 Å². The number of carbonyl (C=O) groups is 1. The summed E-state index contributed by atoms with van der Waals surface area (Å²) in [5, 5.41) is 9.30. The molecule has 0 radical (unpaired) electrons. The van der Waals surface area contributed by atoms with E-state index in [9.17, 15) is 14.0 Å². The number of benzene rings is 1. The van der Waals surface area contributed by atoms with Crippen LogP contribution in [0, 0.1) is 5.82 Å². The third-order valence-corrected chi connectivity index (χ3v) is 2.76. The number of hydrogen-bond acceptors (Lipinski definition) is 2. The summed E-state index contributed by atoms with van der Waals surface area (Å²) in [6.45, 7) is 3.48. The van der Waals surface area contributed by atoms with Gasteiger partial charge in [0.1, 0.15) is 11.5 Å². The van der Waals surface area contributed by atoms with Crippen molar-refractivity contribution < 1.29 is 14.3 Å². The summed E-state index contributed by atoms with van der Waals surface area (Å²) in [7, 11) is 0. The van der Waals surface area contributed by atoms with E-state index in [-0.39, 0.29) is 22.6 Å². The van der Waals surface area contributed by atoms with Crippen LogP contribution >= 0.6 is 0 Å². The lowest BCUT2D eigenvalue weighted by molar-refractivity contribution is 0.0683. The molecule has 1 N–H and O–H groups in total. The van der Waals surface area contributed by atoms with Crippen LogP contribution < -0.4 is 5.43 Å². The first kappa shape index (κ1) is 12.3. The Bertz CT molecular complexity index is 688. The van der Waals surface area contributed by atoms with Crippen LogP contribution in [0.3, 0.4) is 0 Å². The number of halogens is 1. The molecule has 1 aromatic heterocycles. The van der Waals surface area contributed by atoms with Gasteiger partial charge >= 0.3 is 5.97 Å². The number of hydrogen-bond donors (Lipinski definition) is 1. The Kier molecular flexibility index (Phi) is 2.90.